The Hall–Kier alpha value is -1.84. The standard InChI is InChI=1S/C21H24F3NO4S/c1-30(26,27)28-12-15-8-9-16-19(13-5-3-2-4-6-13)25-18-10-7-14(21(22,23)24)11-17(18)20(16)29-15/h2-5,7,10-11,13,15-16,19-20,25H,6,8-9,12H2,1H3/t13?,15-,16+,19+,20+/m1/s1. The van der Waals surface area contributed by atoms with Gasteiger partial charge in [-0.25, -0.2) is 0 Å². The highest BCUT2D eigenvalue weighted by Gasteiger charge is 2.45. The number of anilines is 1. The highest BCUT2D eigenvalue weighted by molar-refractivity contribution is 7.85. The number of fused-ring (bicyclic) bond motifs is 3. The fourth-order valence-electron chi connectivity index (χ4n) is 4.58. The van der Waals surface area contributed by atoms with E-state index in [1.807, 2.05) is 12.2 Å². The van der Waals surface area contributed by atoms with Crippen LogP contribution in [0.5, 0.6) is 0 Å². The topological polar surface area (TPSA) is 64.6 Å². The van der Waals surface area contributed by atoms with Gasteiger partial charge in [0.2, 0.25) is 0 Å². The summed E-state index contributed by atoms with van der Waals surface area (Å²) in [5.74, 6) is 0.168. The van der Waals surface area contributed by atoms with Gasteiger partial charge in [-0.3, -0.25) is 4.18 Å². The first-order chi connectivity index (χ1) is 14.1. The largest absolute Gasteiger partial charge is 0.416 e. The first kappa shape index (κ1) is 21.4. The SMILES string of the molecule is CS(=O)(=O)OC[C@H]1CC[C@@H]2[C@H](O1)c1cc(C(F)(F)F)ccc1N[C@H]2C1C=CC=CC1. The summed E-state index contributed by atoms with van der Waals surface area (Å²) < 4.78 is 73.7. The number of rotatable bonds is 4. The van der Waals surface area contributed by atoms with Crippen LogP contribution in [0.4, 0.5) is 18.9 Å². The van der Waals surface area contributed by atoms with Crippen molar-refractivity contribution in [3.63, 3.8) is 0 Å². The van der Waals surface area contributed by atoms with Crippen LogP contribution in [0, 0.1) is 11.8 Å². The summed E-state index contributed by atoms with van der Waals surface area (Å²) in [6.45, 7) is -0.138. The molecule has 2 heterocycles. The van der Waals surface area contributed by atoms with Gasteiger partial charge < -0.3 is 10.1 Å². The molecule has 30 heavy (non-hydrogen) atoms. The van der Waals surface area contributed by atoms with E-state index in [1.54, 1.807) is 0 Å². The lowest BCUT2D eigenvalue weighted by atomic mass is 9.73. The maximum atomic E-state index is 13.3. The molecule has 0 spiro atoms. The average molecular weight is 443 g/mol. The molecule has 0 radical (unpaired) electrons. The number of hydrogen-bond acceptors (Lipinski definition) is 5. The Morgan fingerprint density at radius 3 is 2.70 bits per heavy atom. The van der Waals surface area contributed by atoms with Gasteiger partial charge in [0.1, 0.15) is 0 Å². The van der Waals surface area contributed by atoms with Gasteiger partial charge in [0, 0.05) is 29.1 Å². The molecule has 0 bridgehead atoms. The predicted molar refractivity (Wildman–Crippen MR) is 106 cm³/mol. The normalized spacial score (nSPS) is 31.0. The quantitative estimate of drug-likeness (QED) is 0.697. The molecule has 1 aromatic carbocycles. The molecular formula is C21H24F3NO4S. The van der Waals surface area contributed by atoms with E-state index in [-0.39, 0.29) is 24.5 Å². The third-order valence-electron chi connectivity index (χ3n) is 5.96. The summed E-state index contributed by atoms with van der Waals surface area (Å²) in [5.41, 5.74) is 0.367. The Kier molecular flexibility index (Phi) is 5.71. The molecule has 1 aliphatic carbocycles. The van der Waals surface area contributed by atoms with Crippen molar-refractivity contribution in [1.82, 2.24) is 0 Å². The summed E-state index contributed by atoms with van der Waals surface area (Å²) >= 11 is 0. The smallest absolute Gasteiger partial charge is 0.381 e. The second-order valence-corrected chi connectivity index (χ2v) is 9.74. The van der Waals surface area contributed by atoms with Gasteiger partial charge in [-0.05, 0) is 37.5 Å². The highest BCUT2D eigenvalue weighted by Crippen LogP contribution is 2.49. The van der Waals surface area contributed by atoms with E-state index in [2.05, 4.69) is 17.5 Å². The van der Waals surface area contributed by atoms with Crippen molar-refractivity contribution in [2.24, 2.45) is 11.8 Å². The van der Waals surface area contributed by atoms with Crippen molar-refractivity contribution in [3.8, 4) is 0 Å². The van der Waals surface area contributed by atoms with E-state index < -0.39 is 34.1 Å². The molecule has 1 unspecified atom stereocenters. The molecule has 1 N–H and O–H groups in total. The van der Waals surface area contributed by atoms with Crippen LogP contribution in [-0.2, 0) is 25.2 Å². The number of halogens is 3. The molecule has 5 atom stereocenters. The number of nitrogens with one attached hydrogen (secondary N) is 1. The molecule has 3 aliphatic rings. The number of allylic oxidation sites excluding steroid dienone is 3. The van der Waals surface area contributed by atoms with Crippen LogP contribution in [0.1, 0.15) is 36.5 Å². The predicted octanol–water partition coefficient (Wildman–Crippen LogP) is 4.44. The van der Waals surface area contributed by atoms with E-state index in [0.717, 1.165) is 24.8 Å². The van der Waals surface area contributed by atoms with E-state index in [1.165, 1.54) is 6.07 Å². The molecule has 0 saturated carbocycles. The molecule has 0 aromatic heterocycles. The lowest BCUT2D eigenvalue weighted by Gasteiger charge is -2.47. The zero-order valence-corrected chi connectivity index (χ0v) is 17.2. The number of alkyl halides is 3. The Balaban J connectivity index is 1.65. The zero-order valence-electron chi connectivity index (χ0n) is 16.4. The first-order valence-electron chi connectivity index (χ1n) is 9.93. The minimum Gasteiger partial charge on any atom is -0.381 e. The van der Waals surface area contributed by atoms with Crippen LogP contribution in [-0.4, -0.2) is 33.4 Å². The summed E-state index contributed by atoms with van der Waals surface area (Å²) in [7, 11) is -3.63. The van der Waals surface area contributed by atoms with Crippen molar-refractivity contribution in [2.75, 3.05) is 18.2 Å². The summed E-state index contributed by atoms with van der Waals surface area (Å²) in [5, 5.41) is 3.46. The van der Waals surface area contributed by atoms with Crippen molar-refractivity contribution >= 4 is 15.8 Å². The minimum absolute atomic E-state index is 0.0113. The van der Waals surface area contributed by atoms with E-state index >= 15 is 0 Å². The second-order valence-electron chi connectivity index (χ2n) is 8.09. The molecular weight excluding hydrogens is 419 g/mol. The van der Waals surface area contributed by atoms with Gasteiger partial charge in [0.05, 0.1) is 30.6 Å². The summed E-state index contributed by atoms with van der Waals surface area (Å²) in [6.07, 6.45) is 5.74. The number of benzene rings is 1. The van der Waals surface area contributed by atoms with Gasteiger partial charge in [-0.2, -0.15) is 21.6 Å². The van der Waals surface area contributed by atoms with E-state index in [0.29, 0.717) is 24.1 Å². The van der Waals surface area contributed by atoms with E-state index in [9.17, 15) is 21.6 Å². The van der Waals surface area contributed by atoms with Gasteiger partial charge >= 0.3 is 6.18 Å². The fourth-order valence-corrected chi connectivity index (χ4v) is 4.98. The molecule has 164 valence electrons. The zero-order chi connectivity index (χ0) is 21.5. The molecule has 1 aromatic rings. The molecule has 1 fully saturated rings. The van der Waals surface area contributed by atoms with Crippen LogP contribution in [0.25, 0.3) is 0 Å². The average Bonchev–Trinajstić information content (AvgIpc) is 2.70. The lowest BCUT2D eigenvalue weighted by molar-refractivity contribution is -0.138. The van der Waals surface area contributed by atoms with Gasteiger partial charge in [-0.1, -0.05) is 24.3 Å². The van der Waals surface area contributed by atoms with Crippen molar-refractivity contribution in [1.29, 1.82) is 0 Å². The summed E-state index contributed by atoms with van der Waals surface area (Å²) in [6, 6.07) is 3.70. The third-order valence-corrected chi connectivity index (χ3v) is 6.53. The minimum atomic E-state index is -4.45. The third kappa shape index (κ3) is 4.58. The maximum Gasteiger partial charge on any atom is 0.416 e. The number of ether oxygens (including phenoxy) is 1. The van der Waals surface area contributed by atoms with Crippen LogP contribution in [0.2, 0.25) is 0 Å². The highest BCUT2D eigenvalue weighted by atomic mass is 32.2. The Labute approximate surface area is 174 Å². The van der Waals surface area contributed by atoms with Gasteiger partial charge in [-0.15, -0.1) is 0 Å². The summed E-state index contributed by atoms with van der Waals surface area (Å²) in [4.78, 5) is 0. The van der Waals surface area contributed by atoms with Crippen molar-refractivity contribution in [3.05, 3.63) is 53.6 Å². The molecule has 5 nitrogen and oxygen atoms in total. The lowest BCUT2D eigenvalue weighted by Crippen LogP contribution is -2.47. The fraction of sp³-hybridized carbons (Fsp3) is 0.524. The Morgan fingerprint density at radius 2 is 2.03 bits per heavy atom. The van der Waals surface area contributed by atoms with Crippen molar-refractivity contribution in [2.45, 2.75) is 43.7 Å². The molecule has 2 aliphatic heterocycles. The monoisotopic (exact) mass is 443 g/mol. The maximum absolute atomic E-state index is 13.3. The van der Waals surface area contributed by atoms with Crippen LogP contribution in [0.3, 0.4) is 0 Å². The Bertz CT molecular complexity index is 957. The molecule has 4 rings (SSSR count). The van der Waals surface area contributed by atoms with E-state index in [4.69, 9.17) is 8.92 Å². The molecule has 0 amide bonds. The number of hydrogen-bond donors (Lipinski definition) is 1. The first-order valence-corrected chi connectivity index (χ1v) is 11.7. The van der Waals surface area contributed by atoms with Gasteiger partial charge in [0.25, 0.3) is 10.1 Å². The van der Waals surface area contributed by atoms with Crippen LogP contribution in [0.15, 0.2) is 42.5 Å². The molecule has 9 heteroatoms. The van der Waals surface area contributed by atoms with Crippen molar-refractivity contribution < 1.29 is 30.5 Å². The molecule has 1 saturated heterocycles. The Morgan fingerprint density at radius 1 is 1.23 bits per heavy atom. The van der Waals surface area contributed by atoms with Crippen LogP contribution >= 0.6 is 0 Å². The van der Waals surface area contributed by atoms with Crippen LogP contribution < -0.4 is 5.32 Å². The van der Waals surface area contributed by atoms with Gasteiger partial charge in [0.15, 0.2) is 0 Å². The second kappa shape index (κ2) is 8.01.